The first-order valence-electron chi connectivity index (χ1n) is 8.67. The smallest absolute Gasteiger partial charge is 0.0840 e. The molecule has 1 aliphatic heterocycles. The largest absolute Gasteiger partial charge is 0.381 e. The normalized spacial score (nSPS) is 16.1. The summed E-state index contributed by atoms with van der Waals surface area (Å²) in [5, 5.41) is 7.47. The molecule has 124 valence electrons. The Morgan fingerprint density at radius 3 is 2.65 bits per heavy atom. The van der Waals surface area contributed by atoms with Crippen LogP contribution in [0.2, 0.25) is 0 Å². The summed E-state index contributed by atoms with van der Waals surface area (Å²) in [5.41, 5.74) is 5.02. The molecule has 0 amide bonds. The average Bonchev–Trinajstić information content (AvgIpc) is 3.04. The first-order valence-corrected chi connectivity index (χ1v) is 8.67. The van der Waals surface area contributed by atoms with Gasteiger partial charge in [-0.25, -0.2) is 0 Å². The second kappa shape index (κ2) is 7.75. The van der Waals surface area contributed by atoms with Crippen LogP contribution < -0.4 is 0 Å². The first kappa shape index (κ1) is 16.2. The molecule has 1 aromatic heterocycles. The van der Waals surface area contributed by atoms with E-state index in [9.17, 15) is 0 Å². The molecule has 4 nitrogen and oxygen atoms in total. The van der Waals surface area contributed by atoms with E-state index >= 15 is 0 Å². The highest BCUT2D eigenvalue weighted by molar-refractivity contribution is 5.65. The molecule has 0 spiro atoms. The van der Waals surface area contributed by atoms with Gasteiger partial charge in [-0.2, -0.15) is 5.10 Å². The van der Waals surface area contributed by atoms with Gasteiger partial charge in [-0.15, -0.1) is 0 Å². The number of nitrogens with one attached hydrogen (secondary N) is 1. The fourth-order valence-electron chi connectivity index (χ4n) is 3.37. The number of ether oxygens (including phenoxy) is 1. The third kappa shape index (κ3) is 4.01. The maximum absolute atomic E-state index is 5.46. The van der Waals surface area contributed by atoms with Gasteiger partial charge in [0.2, 0.25) is 0 Å². The van der Waals surface area contributed by atoms with Gasteiger partial charge in [0.05, 0.1) is 5.69 Å². The van der Waals surface area contributed by atoms with Crippen LogP contribution in [0.5, 0.6) is 0 Å². The van der Waals surface area contributed by atoms with E-state index in [2.05, 4.69) is 53.3 Å². The minimum atomic E-state index is 0.650. The van der Waals surface area contributed by atoms with Crippen molar-refractivity contribution in [3.05, 3.63) is 41.7 Å². The first-order chi connectivity index (χ1) is 11.3. The molecular weight excluding hydrogens is 286 g/mol. The number of benzene rings is 1. The van der Waals surface area contributed by atoms with Gasteiger partial charge in [-0.05, 0) is 49.9 Å². The third-order valence-electron chi connectivity index (χ3n) is 4.66. The van der Waals surface area contributed by atoms with Crippen molar-refractivity contribution in [3.63, 3.8) is 0 Å². The van der Waals surface area contributed by atoms with Crippen molar-refractivity contribution in [2.24, 2.45) is 0 Å². The van der Waals surface area contributed by atoms with Crippen LogP contribution in [0.15, 0.2) is 30.5 Å². The molecule has 1 N–H and O–H groups in total. The van der Waals surface area contributed by atoms with Crippen molar-refractivity contribution in [3.8, 4) is 11.1 Å². The predicted molar refractivity (Wildman–Crippen MR) is 93.4 cm³/mol. The van der Waals surface area contributed by atoms with Gasteiger partial charge in [-0.3, -0.25) is 5.10 Å². The second-order valence-electron chi connectivity index (χ2n) is 6.49. The summed E-state index contributed by atoms with van der Waals surface area (Å²) in [6.07, 6.45) is 5.45. The van der Waals surface area contributed by atoms with Crippen molar-refractivity contribution >= 4 is 0 Å². The van der Waals surface area contributed by atoms with Crippen LogP contribution in [-0.4, -0.2) is 41.9 Å². The monoisotopic (exact) mass is 313 g/mol. The van der Waals surface area contributed by atoms with Crippen molar-refractivity contribution in [1.29, 1.82) is 0 Å². The Labute approximate surface area is 138 Å². The lowest BCUT2D eigenvalue weighted by Crippen LogP contribution is -2.19. The lowest BCUT2D eigenvalue weighted by atomic mass is 9.90. The van der Waals surface area contributed by atoms with E-state index in [-0.39, 0.29) is 0 Å². The Morgan fingerprint density at radius 2 is 1.96 bits per heavy atom. The predicted octanol–water partition coefficient (Wildman–Crippen LogP) is 3.81. The summed E-state index contributed by atoms with van der Waals surface area (Å²) in [6.45, 7) is 5.96. The molecule has 23 heavy (non-hydrogen) atoms. The fourth-order valence-corrected chi connectivity index (χ4v) is 3.37. The SMILES string of the molecule is CCCN(C)Cc1n[nH]cc1-c1ccc(C2CCOCC2)cc1. The molecule has 0 radical (unpaired) electrons. The summed E-state index contributed by atoms with van der Waals surface area (Å²) in [7, 11) is 2.15. The second-order valence-corrected chi connectivity index (χ2v) is 6.49. The molecular formula is C19H27N3O. The van der Waals surface area contributed by atoms with E-state index in [1.807, 2.05) is 6.20 Å². The Bertz CT molecular complexity index is 599. The molecule has 0 bridgehead atoms. The maximum Gasteiger partial charge on any atom is 0.0840 e. The van der Waals surface area contributed by atoms with Crippen molar-refractivity contribution in [2.75, 3.05) is 26.8 Å². The highest BCUT2D eigenvalue weighted by Crippen LogP contribution is 2.29. The van der Waals surface area contributed by atoms with Crippen LogP contribution >= 0.6 is 0 Å². The average molecular weight is 313 g/mol. The number of hydrogen-bond acceptors (Lipinski definition) is 3. The van der Waals surface area contributed by atoms with E-state index < -0.39 is 0 Å². The molecule has 1 saturated heterocycles. The summed E-state index contributed by atoms with van der Waals surface area (Å²) >= 11 is 0. The van der Waals surface area contributed by atoms with Gasteiger partial charge in [0, 0.05) is 31.5 Å². The third-order valence-corrected chi connectivity index (χ3v) is 4.66. The molecule has 1 fully saturated rings. The Hall–Kier alpha value is -1.65. The Kier molecular flexibility index (Phi) is 5.47. The van der Waals surface area contributed by atoms with Crippen LogP contribution in [-0.2, 0) is 11.3 Å². The van der Waals surface area contributed by atoms with Crippen LogP contribution in [0.3, 0.4) is 0 Å². The number of nitrogens with zero attached hydrogens (tertiary/aromatic N) is 2. The Morgan fingerprint density at radius 1 is 1.22 bits per heavy atom. The van der Waals surface area contributed by atoms with E-state index in [4.69, 9.17) is 4.74 Å². The van der Waals surface area contributed by atoms with Crippen LogP contribution in [0.25, 0.3) is 11.1 Å². The van der Waals surface area contributed by atoms with E-state index in [1.54, 1.807) is 0 Å². The molecule has 0 atom stereocenters. The fraction of sp³-hybridized carbons (Fsp3) is 0.526. The number of rotatable bonds is 6. The molecule has 0 unspecified atom stereocenters. The quantitative estimate of drug-likeness (QED) is 0.881. The highest BCUT2D eigenvalue weighted by atomic mass is 16.5. The van der Waals surface area contributed by atoms with E-state index in [0.717, 1.165) is 51.3 Å². The minimum absolute atomic E-state index is 0.650. The van der Waals surface area contributed by atoms with Gasteiger partial charge in [-0.1, -0.05) is 31.2 Å². The molecule has 1 aliphatic rings. The van der Waals surface area contributed by atoms with Crippen molar-refractivity contribution in [2.45, 2.75) is 38.6 Å². The van der Waals surface area contributed by atoms with Crippen LogP contribution in [0, 0.1) is 0 Å². The molecule has 4 heteroatoms. The van der Waals surface area contributed by atoms with Gasteiger partial charge in [0.15, 0.2) is 0 Å². The Balaban J connectivity index is 1.73. The van der Waals surface area contributed by atoms with Crippen molar-refractivity contribution in [1.82, 2.24) is 15.1 Å². The summed E-state index contributed by atoms with van der Waals surface area (Å²) in [4.78, 5) is 2.32. The zero-order chi connectivity index (χ0) is 16.1. The van der Waals surface area contributed by atoms with E-state index in [1.165, 1.54) is 16.7 Å². The van der Waals surface area contributed by atoms with Gasteiger partial charge >= 0.3 is 0 Å². The minimum Gasteiger partial charge on any atom is -0.381 e. The number of aromatic amines is 1. The highest BCUT2D eigenvalue weighted by Gasteiger charge is 2.16. The summed E-state index contributed by atoms with van der Waals surface area (Å²) in [5.74, 6) is 0.650. The van der Waals surface area contributed by atoms with E-state index in [0.29, 0.717) is 5.92 Å². The molecule has 3 rings (SSSR count). The topological polar surface area (TPSA) is 41.2 Å². The van der Waals surface area contributed by atoms with Gasteiger partial charge < -0.3 is 9.64 Å². The lowest BCUT2D eigenvalue weighted by molar-refractivity contribution is 0.0853. The molecule has 2 heterocycles. The number of hydrogen-bond donors (Lipinski definition) is 1. The standard InChI is InChI=1S/C19H27N3O/c1-3-10-22(2)14-19-18(13-20-21-19)17-6-4-15(5-7-17)16-8-11-23-12-9-16/h4-7,13,16H,3,8-12,14H2,1-2H3,(H,20,21). The van der Waals surface area contributed by atoms with Crippen LogP contribution in [0.1, 0.15) is 43.4 Å². The van der Waals surface area contributed by atoms with Crippen LogP contribution in [0.4, 0.5) is 0 Å². The number of aromatic nitrogens is 2. The zero-order valence-corrected chi connectivity index (χ0v) is 14.2. The summed E-state index contributed by atoms with van der Waals surface area (Å²) in [6, 6.07) is 9.02. The maximum atomic E-state index is 5.46. The molecule has 1 aromatic carbocycles. The van der Waals surface area contributed by atoms with Gasteiger partial charge in [0.25, 0.3) is 0 Å². The van der Waals surface area contributed by atoms with Gasteiger partial charge in [0.1, 0.15) is 0 Å². The number of H-pyrrole nitrogens is 1. The molecule has 0 saturated carbocycles. The summed E-state index contributed by atoms with van der Waals surface area (Å²) < 4.78 is 5.46. The molecule has 0 aliphatic carbocycles. The zero-order valence-electron chi connectivity index (χ0n) is 14.2. The molecule has 2 aromatic rings. The van der Waals surface area contributed by atoms with Crippen molar-refractivity contribution < 1.29 is 4.74 Å². The lowest BCUT2D eigenvalue weighted by Gasteiger charge is -2.22.